The van der Waals surface area contributed by atoms with Gasteiger partial charge in [-0.3, -0.25) is 4.84 Å². The number of urea groups is 1. The molecule has 1 fully saturated rings. The zero-order valence-corrected chi connectivity index (χ0v) is 18.0. The Morgan fingerprint density at radius 3 is 2.85 bits per heavy atom. The number of carbonyl (C=O) groups excluding carboxylic acids is 1. The molecular formula is C22H21FN8O2. The summed E-state index contributed by atoms with van der Waals surface area (Å²) < 4.78 is 14.6. The zero-order chi connectivity index (χ0) is 22.9. The number of nitrogens with zero attached hydrogens (tertiary/aromatic N) is 5. The summed E-state index contributed by atoms with van der Waals surface area (Å²) in [6, 6.07) is 4.33. The molecule has 11 heteroatoms. The lowest BCUT2D eigenvalue weighted by Gasteiger charge is -2.18. The number of anilines is 3. The molecule has 0 radical (unpaired) electrons. The molecule has 0 bridgehead atoms. The third-order valence-electron chi connectivity index (χ3n) is 5.29. The zero-order valence-electron chi connectivity index (χ0n) is 18.0. The van der Waals surface area contributed by atoms with Gasteiger partial charge >= 0.3 is 6.03 Å². The van der Waals surface area contributed by atoms with E-state index in [0.29, 0.717) is 47.1 Å². The number of aryl methyl sites for hydroxylation is 2. The summed E-state index contributed by atoms with van der Waals surface area (Å²) in [5.74, 6) is -0.0253. The number of fused-ring (bicyclic) bond motifs is 1. The summed E-state index contributed by atoms with van der Waals surface area (Å²) in [6.07, 6.45) is 5.47. The van der Waals surface area contributed by atoms with Crippen molar-refractivity contribution < 1.29 is 14.0 Å². The number of imidazole rings is 1. The summed E-state index contributed by atoms with van der Waals surface area (Å²) in [7, 11) is 0. The lowest BCUT2D eigenvalue weighted by Crippen LogP contribution is -2.31. The molecule has 1 saturated heterocycles. The van der Waals surface area contributed by atoms with Crippen LogP contribution in [0, 0.1) is 19.7 Å². The summed E-state index contributed by atoms with van der Waals surface area (Å²) in [6.45, 7) is 4.63. The largest absolute Gasteiger partial charge is 0.345 e. The van der Waals surface area contributed by atoms with Gasteiger partial charge in [-0.2, -0.15) is 0 Å². The first-order valence-electron chi connectivity index (χ1n) is 10.4. The van der Waals surface area contributed by atoms with Gasteiger partial charge < -0.3 is 15.6 Å². The Bertz CT molecular complexity index is 1350. The second-order valence-corrected chi connectivity index (χ2v) is 7.72. The molecule has 0 spiro atoms. The van der Waals surface area contributed by atoms with E-state index in [0.717, 1.165) is 17.5 Å². The van der Waals surface area contributed by atoms with Crippen molar-refractivity contribution >= 4 is 34.4 Å². The summed E-state index contributed by atoms with van der Waals surface area (Å²) in [5, 5.41) is 7.03. The maximum atomic E-state index is 14.6. The Morgan fingerprint density at radius 1 is 1.15 bits per heavy atom. The number of amides is 2. The molecule has 1 aromatic carbocycles. The van der Waals surface area contributed by atoms with E-state index in [2.05, 4.69) is 35.6 Å². The van der Waals surface area contributed by atoms with Crippen LogP contribution in [0.4, 0.5) is 26.4 Å². The molecule has 0 atom stereocenters. The van der Waals surface area contributed by atoms with E-state index in [9.17, 15) is 9.18 Å². The lowest BCUT2D eigenvalue weighted by atomic mass is 10.1. The van der Waals surface area contributed by atoms with Crippen molar-refractivity contribution in [1.29, 1.82) is 0 Å². The molecule has 0 aliphatic carbocycles. The molecule has 4 aromatic rings. The number of aromatic amines is 1. The molecule has 4 heterocycles. The predicted octanol–water partition coefficient (Wildman–Crippen LogP) is 4.08. The average molecular weight is 448 g/mol. The summed E-state index contributed by atoms with van der Waals surface area (Å²) in [5.41, 5.74) is 4.79. The van der Waals surface area contributed by atoms with Crippen LogP contribution in [-0.2, 0) is 4.84 Å². The fraction of sp³-hybridized carbons (Fsp3) is 0.227. The Hall–Kier alpha value is -4.12. The molecule has 2 amide bonds. The topological polar surface area (TPSA) is 121 Å². The van der Waals surface area contributed by atoms with Crippen LogP contribution in [0.1, 0.15) is 17.5 Å². The van der Waals surface area contributed by atoms with E-state index >= 15 is 0 Å². The van der Waals surface area contributed by atoms with E-state index in [1.165, 1.54) is 23.5 Å². The number of hydroxylamine groups is 2. The van der Waals surface area contributed by atoms with Crippen LogP contribution in [0.15, 0.2) is 37.1 Å². The summed E-state index contributed by atoms with van der Waals surface area (Å²) >= 11 is 0. The highest BCUT2D eigenvalue weighted by Gasteiger charge is 2.21. The van der Waals surface area contributed by atoms with Crippen LogP contribution in [0.2, 0.25) is 0 Å². The smallest absolute Gasteiger partial charge is 0.341 e. The predicted molar refractivity (Wildman–Crippen MR) is 120 cm³/mol. The van der Waals surface area contributed by atoms with Gasteiger partial charge in [0.15, 0.2) is 5.65 Å². The molecule has 33 heavy (non-hydrogen) atoms. The van der Waals surface area contributed by atoms with Crippen molar-refractivity contribution in [3.63, 3.8) is 0 Å². The number of halogens is 1. The number of hydrogen-bond acceptors (Lipinski definition) is 7. The molecule has 168 valence electrons. The fourth-order valence-corrected chi connectivity index (χ4v) is 3.63. The van der Waals surface area contributed by atoms with E-state index in [1.54, 1.807) is 19.4 Å². The normalized spacial score (nSPS) is 13.5. The number of nitrogens with one attached hydrogen (secondary N) is 3. The Morgan fingerprint density at radius 2 is 2.03 bits per heavy atom. The second kappa shape index (κ2) is 8.43. The van der Waals surface area contributed by atoms with Crippen molar-refractivity contribution in [2.45, 2.75) is 20.3 Å². The van der Waals surface area contributed by atoms with Gasteiger partial charge in [-0.1, -0.05) is 0 Å². The number of H-pyrrole nitrogens is 1. The van der Waals surface area contributed by atoms with Crippen molar-refractivity contribution in [3.05, 3.63) is 54.0 Å². The van der Waals surface area contributed by atoms with Crippen molar-refractivity contribution in [1.82, 2.24) is 30.0 Å². The number of pyridine rings is 1. The van der Waals surface area contributed by atoms with E-state index in [4.69, 9.17) is 4.84 Å². The number of hydrogen-bond donors (Lipinski definition) is 3. The van der Waals surface area contributed by atoms with Crippen molar-refractivity contribution in [2.75, 3.05) is 23.8 Å². The standard InChI is InChI=1S/C22H21FN8O2/c1-12-6-14(18-19-21(27-10-25-18)28-11-26-19)20(24-9-12)29-16-8-17(15(23)7-13(16)2)30-22(32)31-4-3-5-33-31/h6-11H,3-5H2,1-2H3,(H,24,29)(H,30,32)(H,25,26,27,28). The highest BCUT2D eigenvalue weighted by Crippen LogP contribution is 2.33. The third kappa shape index (κ3) is 4.05. The number of benzene rings is 1. The Balaban J connectivity index is 1.51. The van der Waals surface area contributed by atoms with Gasteiger partial charge in [-0.15, -0.1) is 0 Å². The van der Waals surface area contributed by atoms with Crippen LogP contribution in [0.3, 0.4) is 0 Å². The van der Waals surface area contributed by atoms with Crippen LogP contribution in [-0.4, -0.2) is 49.2 Å². The minimum Gasteiger partial charge on any atom is -0.341 e. The fourth-order valence-electron chi connectivity index (χ4n) is 3.63. The molecule has 0 unspecified atom stereocenters. The molecule has 5 rings (SSSR count). The van der Waals surface area contributed by atoms with Crippen molar-refractivity contribution in [3.8, 4) is 11.3 Å². The first-order valence-corrected chi connectivity index (χ1v) is 10.4. The molecule has 10 nitrogen and oxygen atoms in total. The molecule has 0 saturated carbocycles. The Labute approximate surface area is 188 Å². The van der Waals surface area contributed by atoms with Crippen LogP contribution >= 0.6 is 0 Å². The highest BCUT2D eigenvalue weighted by atomic mass is 19.1. The minimum atomic E-state index is -0.544. The van der Waals surface area contributed by atoms with Gasteiger partial charge in [-0.25, -0.2) is 34.2 Å². The molecular weight excluding hydrogens is 427 g/mol. The van der Waals surface area contributed by atoms with E-state index in [-0.39, 0.29) is 5.69 Å². The maximum absolute atomic E-state index is 14.6. The van der Waals surface area contributed by atoms with Gasteiger partial charge in [0.25, 0.3) is 0 Å². The average Bonchev–Trinajstić information content (AvgIpc) is 3.50. The SMILES string of the molecule is Cc1cnc(Nc2cc(NC(=O)N3CCCO3)c(F)cc2C)c(-c2ncnc3nc[nH]c23)c1. The highest BCUT2D eigenvalue weighted by molar-refractivity contribution is 5.92. The Kier molecular flexibility index (Phi) is 5.31. The van der Waals surface area contributed by atoms with Gasteiger partial charge in [-0.05, 0) is 49.6 Å². The van der Waals surface area contributed by atoms with E-state index < -0.39 is 11.8 Å². The lowest BCUT2D eigenvalue weighted by molar-refractivity contribution is -0.0614. The quantitative estimate of drug-likeness (QED) is 0.430. The minimum absolute atomic E-state index is 0.0373. The van der Waals surface area contributed by atoms with Crippen LogP contribution in [0.5, 0.6) is 0 Å². The van der Waals surface area contributed by atoms with Gasteiger partial charge in [0.2, 0.25) is 0 Å². The van der Waals surface area contributed by atoms with E-state index in [1.807, 2.05) is 13.0 Å². The van der Waals surface area contributed by atoms with Gasteiger partial charge in [0.05, 0.1) is 25.2 Å². The molecule has 3 N–H and O–H groups in total. The summed E-state index contributed by atoms with van der Waals surface area (Å²) in [4.78, 5) is 38.0. The van der Waals surface area contributed by atoms with Crippen LogP contribution < -0.4 is 10.6 Å². The third-order valence-corrected chi connectivity index (χ3v) is 5.29. The maximum Gasteiger partial charge on any atom is 0.345 e. The first-order chi connectivity index (χ1) is 16.0. The number of rotatable bonds is 4. The molecule has 3 aromatic heterocycles. The first kappa shape index (κ1) is 20.8. The van der Waals surface area contributed by atoms with Crippen molar-refractivity contribution in [2.24, 2.45) is 0 Å². The number of aromatic nitrogens is 5. The molecule has 1 aliphatic heterocycles. The number of carbonyl (C=O) groups is 1. The van der Waals surface area contributed by atoms with Crippen LogP contribution in [0.25, 0.3) is 22.4 Å². The molecule has 1 aliphatic rings. The second-order valence-electron chi connectivity index (χ2n) is 7.72. The monoisotopic (exact) mass is 448 g/mol. The van der Waals surface area contributed by atoms with Gasteiger partial charge in [0, 0.05) is 17.4 Å². The van der Waals surface area contributed by atoms with Gasteiger partial charge in [0.1, 0.15) is 29.2 Å².